The number of benzene rings is 2. The van der Waals surface area contributed by atoms with Crippen LogP contribution in [-0.2, 0) is 17.6 Å². The number of carboxylic acid groups (broad SMARTS) is 1. The molecule has 2 aromatic rings. The lowest BCUT2D eigenvalue weighted by molar-refractivity contribution is -0.148. The van der Waals surface area contributed by atoms with E-state index in [1.807, 2.05) is 24.3 Å². The first-order chi connectivity index (χ1) is 13.2. The molecule has 3 rings (SSSR count). The minimum Gasteiger partial charge on any atom is -0.504 e. The molecule has 1 aliphatic rings. The average molecular weight is 448 g/mol. The molecule has 0 saturated heterocycles. The Balaban J connectivity index is 2.02. The lowest BCUT2D eigenvalue weighted by Gasteiger charge is -2.41. The van der Waals surface area contributed by atoms with Crippen LogP contribution in [-0.4, -0.2) is 41.3 Å². The first-order valence-electron chi connectivity index (χ1n) is 9.33. The van der Waals surface area contributed by atoms with E-state index in [0.717, 1.165) is 40.5 Å². The Hall–Kier alpha value is -2.05. The predicted octanol–water partition coefficient (Wildman–Crippen LogP) is 4.42. The molecule has 1 unspecified atom stereocenters. The summed E-state index contributed by atoms with van der Waals surface area (Å²) in [6.45, 7) is 4.70. The second-order valence-corrected chi connectivity index (χ2v) is 8.80. The highest BCUT2D eigenvalue weighted by Crippen LogP contribution is 2.40. The molecule has 0 bridgehead atoms. The number of fused-ring (bicyclic) bond motifs is 1. The standard InChI is InChI=1S/C22H26BrNO4/c1-22(2,21(26)27)13-24-9-8-14-11-20(28-3)19(25)12-16(14)18(24)10-15-6-4-5-7-17(15)23/h4-7,11-12,18,25H,8-10,13H2,1-3H3,(H,26,27). The van der Waals surface area contributed by atoms with Crippen LogP contribution >= 0.6 is 15.9 Å². The van der Waals surface area contributed by atoms with Crippen molar-refractivity contribution in [2.75, 3.05) is 20.2 Å². The molecule has 1 aliphatic heterocycles. The molecule has 0 spiro atoms. The molecule has 2 N–H and O–H groups in total. The highest BCUT2D eigenvalue weighted by atomic mass is 79.9. The molecule has 2 aromatic carbocycles. The van der Waals surface area contributed by atoms with Gasteiger partial charge in [0.2, 0.25) is 0 Å². The summed E-state index contributed by atoms with van der Waals surface area (Å²) in [5, 5.41) is 20.0. The van der Waals surface area contributed by atoms with E-state index >= 15 is 0 Å². The fourth-order valence-corrected chi connectivity index (χ4v) is 4.26. The fourth-order valence-electron chi connectivity index (χ4n) is 3.81. The summed E-state index contributed by atoms with van der Waals surface area (Å²) < 4.78 is 6.30. The van der Waals surface area contributed by atoms with Crippen molar-refractivity contribution in [2.45, 2.75) is 32.7 Å². The van der Waals surface area contributed by atoms with E-state index < -0.39 is 11.4 Å². The normalized spacial score (nSPS) is 17.2. The van der Waals surface area contributed by atoms with Crippen LogP contribution in [0.25, 0.3) is 0 Å². The van der Waals surface area contributed by atoms with Gasteiger partial charge in [-0.25, -0.2) is 0 Å². The van der Waals surface area contributed by atoms with E-state index in [1.54, 1.807) is 27.0 Å². The average Bonchev–Trinajstić information content (AvgIpc) is 2.64. The topological polar surface area (TPSA) is 70.0 Å². The van der Waals surface area contributed by atoms with Gasteiger partial charge < -0.3 is 14.9 Å². The Morgan fingerprint density at radius 1 is 1.32 bits per heavy atom. The van der Waals surface area contributed by atoms with Crippen molar-refractivity contribution >= 4 is 21.9 Å². The van der Waals surface area contributed by atoms with Crippen molar-refractivity contribution in [3.63, 3.8) is 0 Å². The van der Waals surface area contributed by atoms with Crippen LogP contribution in [0.15, 0.2) is 40.9 Å². The number of hydrogen-bond acceptors (Lipinski definition) is 4. The molecule has 0 amide bonds. The summed E-state index contributed by atoms with van der Waals surface area (Å²) in [5.41, 5.74) is 2.45. The molecule has 0 aliphatic carbocycles. The van der Waals surface area contributed by atoms with Crippen molar-refractivity contribution < 1.29 is 19.7 Å². The largest absolute Gasteiger partial charge is 0.504 e. The molecule has 0 radical (unpaired) electrons. The highest BCUT2D eigenvalue weighted by Gasteiger charge is 2.36. The number of aromatic hydroxyl groups is 1. The van der Waals surface area contributed by atoms with Crippen LogP contribution in [0.4, 0.5) is 0 Å². The molecule has 6 heteroatoms. The Morgan fingerprint density at radius 3 is 2.68 bits per heavy atom. The number of phenolic OH excluding ortho intramolecular Hbond substituents is 1. The van der Waals surface area contributed by atoms with E-state index in [1.165, 1.54) is 0 Å². The number of halogens is 1. The van der Waals surface area contributed by atoms with Gasteiger partial charge in [-0.2, -0.15) is 0 Å². The van der Waals surface area contributed by atoms with Gasteiger partial charge in [-0.05, 0) is 61.6 Å². The fraction of sp³-hybridized carbons (Fsp3) is 0.409. The number of hydrogen-bond donors (Lipinski definition) is 2. The zero-order valence-electron chi connectivity index (χ0n) is 16.4. The van der Waals surface area contributed by atoms with Crippen LogP contribution in [0.3, 0.4) is 0 Å². The molecule has 1 atom stereocenters. The van der Waals surface area contributed by atoms with Gasteiger partial charge in [0, 0.05) is 23.6 Å². The molecule has 0 fully saturated rings. The van der Waals surface area contributed by atoms with Crippen LogP contribution < -0.4 is 4.74 Å². The van der Waals surface area contributed by atoms with E-state index in [4.69, 9.17) is 4.74 Å². The van der Waals surface area contributed by atoms with Crippen molar-refractivity contribution in [3.05, 3.63) is 57.6 Å². The first-order valence-corrected chi connectivity index (χ1v) is 10.1. The van der Waals surface area contributed by atoms with E-state index in [9.17, 15) is 15.0 Å². The summed E-state index contributed by atoms with van der Waals surface area (Å²) in [7, 11) is 1.55. The third-order valence-electron chi connectivity index (χ3n) is 5.46. The monoisotopic (exact) mass is 447 g/mol. The number of rotatable bonds is 6. The van der Waals surface area contributed by atoms with Crippen LogP contribution in [0.2, 0.25) is 0 Å². The Kier molecular flexibility index (Phi) is 6.01. The van der Waals surface area contributed by atoms with Crippen molar-refractivity contribution in [1.82, 2.24) is 4.90 Å². The van der Waals surface area contributed by atoms with Gasteiger partial charge in [-0.1, -0.05) is 34.1 Å². The quantitative estimate of drug-likeness (QED) is 0.685. The number of carboxylic acids is 1. The number of methoxy groups -OCH3 is 1. The summed E-state index contributed by atoms with van der Waals surface area (Å²) in [5.74, 6) is -0.231. The maximum Gasteiger partial charge on any atom is 0.310 e. The van der Waals surface area contributed by atoms with Gasteiger partial charge in [0.15, 0.2) is 11.5 Å². The minimum atomic E-state index is -0.863. The number of carbonyl (C=O) groups is 1. The third-order valence-corrected chi connectivity index (χ3v) is 6.23. The van der Waals surface area contributed by atoms with Gasteiger partial charge in [0.1, 0.15) is 0 Å². The second-order valence-electron chi connectivity index (χ2n) is 7.94. The van der Waals surface area contributed by atoms with Gasteiger partial charge in [-0.3, -0.25) is 9.69 Å². The lowest BCUT2D eigenvalue weighted by atomic mass is 9.85. The van der Waals surface area contributed by atoms with E-state index in [-0.39, 0.29) is 11.8 Å². The molecule has 0 aromatic heterocycles. The maximum atomic E-state index is 11.7. The second kappa shape index (κ2) is 8.13. The summed E-state index contributed by atoms with van der Waals surface area (Å²) in [6.07, 6.45) is 1.50. The summed E-state index contributed by atoms with van der Waals surface area (Å²) in [6, 6.07) is 11.7. The van der Waals surface area contributed by atoms with Gasteiger partial charge in [0.05, 0.1) is 12.5 Å². The van der Waals surface area contributed by atoms with Crippen molar-refractivity contribution in [3.8, 4) is 11.5 Å². The lowest BCUT2D eigenvalue weighted by Crippen LogP contribution is -2.44. The minimum absolute atomic E-state index is 0.0297. The van der Waals surface area contributed by atoms with Gasteiger partial charge >= 0.3 is 5.97 Å². The zero-order chi connectivity index (χ0) is 20.5. The van der Waals surface area contributed by atoms with Crippen molar-refractivity contribution in [2.24, 2.45) is 5.41 Å². The van der Waals surface area contributed by atoms with Crippen LogP contribution in [0, 0.1) is 5.41 Å². The summed E-state index contributed by atoms with van der Waals surface area (Å²) in [4.78, 5) is 13.9. The number of aliphatic carboxylic acids is 1. The third kappa shape index (κ3) is 4.18. The van der Waals surface area contributed by atoms with E-state index in [0.29, 0.717) is 12.3 Å². The smallest absolute Gasteiger partial charge is 0.310 e. The van der Waals surface area contributed by atoms with Crippen LogP contribution in [0.1, 0.15) is 36.6 Å². The SMILES string of the molecule is COc1cc2c(cc1O)C(Cc1ccccc1Br)N(CC(C)(C)C(=O)O)CC2. The molecule has 1 heterocycles. The predicted molar refractivity (Wildman–Crippen MR) is 112 cm³/mol. The molecule has 5 nitrogen and oxygen atoms in total. The number of phenols is 1. The molecule has 28 heavy (non-hydrogen) atoms. The maximum absolute atomic E-state index is 11.7. The summed E-state index contributed by atoms with van der Waals surface area (Å²) >= 11 is 3.62. The zero-order valence-corrected chi connectivity index (χ0v) is 18.0. The Labute approximate surface area is 174 Å². The number of ether oxygens (including phenoxy) is 1. The van der Waals surface area contributed by atoms with Crippen LogP contribution in [0.5, 0.6) is 11.5 Å². The molecular formula is C22H26BrNO4. The molecule has 150 valence electrons. The van der Waals surface area contributed by atoms with Gasteiger partial charge in [0.25, 0.3) is 0 Å². The number of nitrogens with zero attached hydrogens (tertiary/aromatic N) is 1. The Morgan fingerprint density at radius 2 is 2.04 bits per heavy atom. The highest BCUT2D eigenvalue weighted by molar-refractivity contribution is 9.10. The van der Waals surface area contributed by atoms with E-state index in [2.05, 4.69) is 26.9 Å². The van der Waals surface area contributed by atoms with Gasteiger partial charge in [-0.15, -0.1) is 0 Å². The first kappa shape index (κ1) is 20.7. The Bertz CT molecular complexity index is 881. The molecule has 0 saturated carbocycles. The van der Waals surface area contributed by atoms with Crippen molar-refractivity contribution in [1.29, 1.82) is 0 Å². The molecular weight excluding hydrogens is 422 g/mol.